The van der Waals surface area contributed by atoms with E-state index in [2.05, 4.69) is 15.2 Å². The molecule has 9 nitrogen and oxygen atoms in total. The van der Waals surface area contributed by atoms with Crippen molar-refractivity contribution < 1.29 is 27.8 Å². The zero-order chi connectivity index (χ0) is 28.6. The topological polar surface area (TPSA) is 102 Å². The molecule has 1 saturated heterocycles. The van der Waals surface area contributed by atoms with Crippen LogP contribution in [0.25, 0.3) is 21.8 Å². The number of nitrogens with one attached hydrogen (secondary N) is 1. The minimum Gasteiger partial charge on any atom is -0.493 e. The molecule has 4 heterocycles. The van der Waals surface area contributed by atoms with Crippen LogP contribution in [-0.4, -0.2) is 69.4 Å². The number of benzene rings is 1. The number of nitrogens with zero attached hydrogens (tertiary/aromatic N) is 4. The average molecular weight is 574 g/mol. The molecular formula is C29H34F3N5O4. The molecule has 41 heavy (non-hydrogen) atoms. The van der Waals surface area contributed by atoms with E-state index in [1.807, 2.05) is 12.1 Å². The van der Waals surface area contributed by atoms with E-state index in [9.17, 15) is 27.9 Å². The van der Waals surface area contributed by atoms with Gasteiger partial charge in [0, 0.05) is 44.3 Å². The fourth-order valence-corrected chi connectivity index (χ4v) is 5.50. The lowest BCUT2D eigenvalue weighted by Crippen LogP contribution is -2.45. The third kappa shape index (κ3) is 5.66. The third-order valence-corrected chi connectivity index (χ3v) is 7.47. The number of aliphatic hydroxyl groups is 1. The quantitative estimate of drug-likeness (QED) is 0.349. The Kier molecular flexibility index (Phi) is 8.74. The van der Waals surface area contributed by atoms with Gasteiger partial charge in [0.25, 0.3) is 11.5 Å². The van der Waals surface area contributed by atoms with E-state index in [1.54, 1.807) is 23.7 Å². The number of likely N-dealkylation sites (tertiary alicyclic amines) is 1. The van der Waals surface area contributed by atoms with Crippen molar-refractivity contribution >= 4 is 27.7 Å². The molecule has 220 valence electrons. The van der Waals surface area contributed by atoms with Crippen LogP contribution >= 0.6 is 0 Å². The molecule has 12 heteroatoms. The molecule has 0 saturated carbocycles. The predicted octanol–water partition coefficient (Wildman–Crippen LogP) is 3.79. The number of carbonyl (C=O) groups excluding carboxylic acids is 1. The van der Waals surface area contributed by atoms with Gasteiger partial charge in [-0.15, -0.1) is 0 Å². The summed E-state index contributed by atoms with van der Waals surface area (Å²) in [5, 5.41) is 13.2. The number of methoxy groups -OCH3 is 1. The first-order valence-electron chi connectivity index (χ1n) is 13.0. The van der Waals surface area contributed by atoms with E-state index in [4.69, 9.17) is 4.74 Å². The molecular weight excluding hydrogens is 539 g/mol. The van der Waals surface area contributed by atoms with Crippen LogP contribution in [0.2, 0.25) is 0 Å². The second kappa shape index (κ2) is 11.9. The van der Waals surface area contributed by atoms with Gasteiger partial charge in [0.1, 0.15) is 11.1 Å². The summed E-state index contributed by atoms with van der Waals surface area (Å²) in [6.07, 6.45) is -1.99. The SMILES string of the molecule is C.COc1c(C(=O)NC2CCN(CCO)CC2)n(C)c2c1c(=O)n(Cc1ccc(C(F)(F)F)nc1)c1ccccc21. The maximum atomic E-state index is 13.9. The van der Waals surface area contributed by atoms with E-state index in [1.165, 1.54) is 17.7 Å². The lowest BCUT2D eigenvalue weighted by Gasteiger charge is -2.31. The van der Waals surface area contributed by atoms with E-state index < -0.39 is 17.4 Å². The second-order valence-electron chi connectivity index (χ2n) is 9.94. The van der Waals surface area contributed by atoms with Crippen LogP contribution in [0.4, 0.5) is 13.2 Å². The van der Waals surface area contributed by atoms with Crippen molar-refractivity contribution in [2.75, 3.05) is 33.4 Å². The van der Waals surface area contributed by atoms with Gasteiger partial charge in [-0.25, -0.2) is 0 Å². The summed E-state index contributed by atoms with van der Waals surface area (Å²) in [5.74, 6) is -0.221. The maximum absolute atomic E-state index is 13.9. The lowest BCUT2D eigenvalue weighted by molar-refractivity contribution is -0.141. The Balaban J connectivity index is 0.00000387. The lowest BCUT2D eigenvalue weighted by atomic mass is 10.0. The number of aliphatic hydroxyl groups excluding tert-OH is 1. The van der Waals surface area contributed by atoms with Crippen LogP contribution in [0.15, 0.2) is 47.4 Å². The van der Waals surface area contributed by atoms with E-state index in [-0.39, 0.29) is 49.4 Å². The van der Waals surface area contributed by atoms with E-state index in [0.717, 1.165) is 38.2 Å². The van der Waals surface area contributed by atoms with Gasteiger partial charge >= 0.3 is 6.18 Å². The highest BCUT2D eigenvalue weighted by atomic mass is 19.4. The fraction of sp³-hybridized carbons (Fsp3) is 0.414. The summed E-state index contributed by atoms with van der Waals surface area (Å²) in [7, 11) is 3.11. The van der Waals surface area contributed by atoms with Crippen molar-refractivity contribution in [1.29, 1.82) is 0 Å². The molecule has 0 bridgehead atoms. The minimum atomic E-state index is -4.56. The molecule has 1 fully saturated rings. The van der Waals surface area contributed by atoms with Crippen molar-refractivity contribution in [2.45, 2.75) is 39.0 Å². The van der Waals surface area contributed by atoms with Gasteiger partial charge in [0.15, 0.2) is 11.4 Å². The number of carbonyl (C=O) groups is 1. The van der Waals surface area contributed by atoms with Crippen LogP contribution in [0.5, 0.6) is 5.75 Å². The normalized spacial score (nSPS) is 14.8. The molecule has 5 rings (SSSR count). The Morgan fingerprint density at radius 3 is 2.49 bits per heavy atom. The minimum absolute atomic E-state index is 0. The van der Waals surface area contributed by atoms with Gasteiger partial charge in [-0.05, 0) is 30.5 Å². The molecule has 3 aromatic heterocycles. The number of halogens is 3. The number of aromatic nitrogens is 3. The number of hydrogen-bond donors (Lipinski definition) is 2. The van der Waals surface area contributed by atoms with Crippen molar-refractivity contribution in [2.24, 2.45) is 7.05 Å². The molecule has 0 spiro atoms. The molecule has 1 aliphatic rings. The van der Waals surface area contributed by atoms with Gasteiger partial charge in [0.2, 0.25) is 0 Å². The Morgan fingerprint density at radius 1 is 1.17 bits per heavy atom. The molecule has 0 radical (unpaired) electrons. The molecule has 1 aliphatic heterocycles. The van der Waals surface area contributed by atoms with Gasteiger partial charge in [-0.3, -0.25) is 14.6 Å². The Labute approximate surface area is 235 Å². The highest BCUT2D eigenvalue weighted by Crippen LogP contribution is 2.35. The number of aryl methyl sites for hydroxylation is 1. The van der Waals surface area contributed by atoms with Crippen molar-refractivity contribution in [1.82, 2.24) is 24.3 Å². The largest absolute Gasteiger partial charge is 0.493 e. The predicted molar refractivity (Wildman–Crippen MR) is 150 cm³/mol. The summed E-state index contributed by atoms with van der Waals surface area (Å²) < 4.78 is 47.8. The first-order chi connectivity index (χ1) is 19.1. The number of para-hydroxylation sites is 1. The van der Waals surface area contributed by atoms with Crippen LogP contribution in [0.1, 0.15) is 42.0 Å². The maximum Gasteiger partial charge on any atom is 0.433 e. The van der Waals surface area contributed by atoms with Crippen LogP contribution < -0.4 is 15.6 Å². The Morgan fingerprint density at radius 2 is 1.88 bits per heavy atom. The van der Waals surface area contributed by atoms with Gasteiger partial charge in [-0.2, -0.15) is 13.2 Å². The summed E-state index contributed by atoms with van der Waals surface area (Å²) in [6.45, 7) is 2.18. The molecule has 1 amide bonds. The number of pyridine rings is 2. The smallest absolute Gasteiger partial charge is 0.433 e. The van der Waals surface area contributed by atoms with Gasteiger partial charge in [0.05, 0.1) is 31.3 Å². The first-order valence-corrected chi connectivity index (χ1v) is 13.0. The van der Waals surface area contributed by atoms with Crippen LogP contribution in [0, 0.1) is 0 Å². The fourth-order valence-electron chi connectivity index (χ4n) is 5.50. The highest BCUT2D eigenvalue weighted by molar-refractivity contribution is 6.12. The number of alkyl halides is 3. The molecule has 1 aromatic carbocycles. The van der Waals surface area contributed by atoms with Gasteiger partial charge in [-0.1, -0.05) is 31.7 Å². The monoisotopic (exact) mass is 573 g/mol. The molecule has 4 aromatic rings. The number of ether oxygens (including phenoxy) is 1. The molecule has 0 unspecified atom stereocenters. The number of β-amino-alcohol motifs (C(OH)–C–C–N with tert-alkyl or cyclic N) is 1. The molecule has 0 aliphatic carbocycles. The number of piperidine rings is 1. The molecule has 2 N–H and O–H groups in total. The number of rotatable bonds is 7. The average Bonchev–Trinajstić information content (AvgIpc) is 3.24. The number of hydrogen-bond acceptors (Lipinski definition) is 6. The molecule has 0 atom stereocenters. The first kappa shape index (κ1) is 30.1. The van der Waals surface area contributed by atoms with Gasteiger partial charge < -0.3 is 29.2 Å². The summed E-state index contributed by atoms with van der Waals surface area (Å²) >= 11 is 0. The van der Waals surface area contributed by atoms with E-state index >= 15 is 0 Å². The Hall–Kier alpha value is -3.90. The van der Waals surface area contributed by atoms with E-state index in [0.29, 0.717) is 28.5 Å². The van der Waals surface area contributed by atoms with Crippen molar-refractivity contribution in [3.63, 3.8) is 0 Å². The summed E-state index contributed by atoms with van der Waals surface area (Å²) in [4.78, 5) is 33.2. The zero-order valence-electron chi connectivity index (χ0n) is 22.2. The van der Waals surface area contributed by atoms with Crippen LogP contribution in [-0.2, 0) is 19.8 Å². The zero-order valence-corrected chi connectivity index (χ0v) is 22.2. The Bertz CT molecular complexity index is 1600. The summed E-state index contributed by atoms with van der Waals surface area (Å²) in [5.41, 5.74) is 0.279. The second-order valence-corrected chi connectivity index (χ2v) is 9.94. The highest BCUT2D eigenvalue weighted by Gasteiger charge is 2.32. The number of amides is 1. The van der Waals surface area contributed by atoms with Crippen LogP contribution in [0.3, 0.4) is 0 Å². The number of fused-ring (bicyclic) bond motifs is 3. The summed E-state index contributed by atoms with van der Waals surface area (Å²) in [6, 6.07) is 9.30. The standard InChI is InChI=1S/C28H30F3N5O4.CH4/c1-34-23-19-5-3-4-6-20(19)36(16-17-7-8-21(32-15-17)28(29,30)31)27(39)22(23)25(40-2)24(34)26(38)33-18-9-11-35(12-10-18)13-14-37;/h3-8,15,18,37H,9-14,16H2,1-2H3,(H,33,38);1H4. The van der Waals surface area contributed by atoms with Crippen molar-refractivity contribution in [3.05, 3.63) is 69.9 Å². The third-order valence-electron chi connectivity index (χ3n) is 7.47. The van der Waals surface area contributed by atoms with Crippen molar-refractivity contribution in [3.8, 4) is 5.75 Å².